The minimum absolute atomic E-state index is 0.0878. The van der Waals surface area contributed by atoms with E-state index in [2.05, 4.69) is 15.8 Å². The first kappa shape index (κ1) is 26.3. The van der Waals surface area contributed by atoms with Gasteiger partial charge in [-0.15, -0.1) is 5.01 Å². The number of nitro benzene ring substituents is 1. The fraction of sp³-hybridized carbons (Fsp3) is 0.222. The SMILES string of the molecule is Cc1ccc(ON[N+](=O)N2CCN(C(=O)c3cccc(Cc4n[nH]c(=O)c5ccccc45)c3)CC2)c([N+](=O)[O-])c1. The van der Waals surface area contributed by atoms with Crippen LogP contribution in [0, 0.1) is 21.9 Å². The lowest BCUT2D eigenvalue weighted by Crippen LogP contribution is -2.54. The molecule has 2 heterocycles. The summed E-state index contributed by atoms with van der Waals surface area (Å²) < 4.78 is 0. The van der Waals surface area contributed by atoms with Crippen molar-refractivity contribution in [2.24, 2.45) is 0 Å². The number of aromatic amines is 1. The van der Waals surface area contributed by atoms with Gasteiger partial charge in [0.2, 0.25) is 5.75 Å². The van der Waals surface area contributed by atoms with E-state index in [0.29, 0.717) is 46.7 Å². The number of carbonyl (C=O) groups is 1. The lowest BCUT2D eigenvalue weighted by Gasteiger charge is -2.29. The molecule has 0 unspecified atom stereocenters. The van der Waals surface area contributed by atoms with E-state index >= 15 is 0 Å². The van der Waals surface area contributed by atoms with Gasteiger partial charge in [0.15, 0.2) is 0 Å². The standard InChI is InChI=1S/C27H25N7O6/c1-18-9-10-25(24(15-18)33(37)38)40-30-34(39)32-13-11-31(12-14-32)27(36)20-6-4-5-19(16-20)17-23-21-7-2-3-8-22(21)26(35)29-28-23/h2-10,15-16H,11-14,17H2,1H3,(H-,29,30,35,39)/p+1. The number of H-pyrrole nitrogens is 1. The summed E-state index contributed by atoms with van der Waals surface area (Å²) in [6, 6.07) is 18.9. The number of nitroso groups, excluding NO2 is 1. The van der Waals surface area contributed by atoms with E-state index in [1.54, 1.807) is 48.2 Å². The lowest BCUT2D eigenvalue weighted by atomic mass is 10.0. The number of nitro groups is 1. The summed E-state index contributed by atoms with van der Waals surface area (Å²) in [6.45, 7) is 2.76. The Labute approximate surface area is 227 Å². The third-order valence-corrected chi connectivity index (χ3v) is 6.67. The average Bonchev–Trinajstić information content (AvgIpc) is 2.97. The van der Waals surface area contributed by atoms with Gasteiger partial charge in [-0.25, -0.2) is 5.10 Å². The van der Waals surface area contributed by atoms with E-state index in [1.807, 2.05) is 18.2 Å². The maximum atomic E-state index is 13.2. The van der Waals surface area contributed by atoms with Crippen molar-refractivity contribution in [3.63, 3.8) is 0 Å². The van der Waals surface area contributed by atoms with Crippen molar-refractivity contribution in [1.82, 2.24) is 25.7 Å². The zero-order valence-electron chi connectivity index (χ0n) is 21.6. The summed E-state index contributed by atoms with van der Waals surface area (Å²) in [7, 11) is 0. The molecule has 4 aromatic rings. The van der Waals surface area contributed by atoms with Gasteiger partial charge in [0.25, 0.3) is 16.4 Å². The predicted molar refractivity (Wildman–Crippen MR) is 144 cm³/mol. The second kappa shape index (κ2) is 11.2. The fourth-order valence-electron chi connectivity index (χ4n) is 4.58. The first-order chi connectivity index (χ1) is 19.3. The van der Waals surface area contributed by atoms with E-state index in [9.17, 15) is 24.6 Å². The van der Waals surface area contributed by atoms with Crippen molar-refractivity contribution >= 4 is 22.4 Å². The molecule has 5 rings (SSSR count). The number of aryl methyl sites for hydroxylation is 1. The first-order valence-electron chi connectivity index (χ1n) is 12.5. The number of benzene rings is 3. The maximum absolute atomic E-state index is 13.2. The smallest absolute Gasteiger partial charge is 0.314 e. The lowest BCUT2D eigenvalue weighted by molar-refractivity contribution is -0.782. The maximum Gasteiger partial charge on any atom is 0.314 e. The van der Waals surface area contributed by atoms with Crippen LogP contribution in [0.2, 0.25) is 0 Å². The Morgan fingerprint density at radius 2 is 1.77 bits per heavy atom. The molecule has 0 saturated carbocycles. The number of fused-ring (bicyclic) bond motifs is 1. The average molecular weight is 545 g/mol. The summed E-state index contributed by atoms with van der Waals surface area (Å²) in [5.74, 6) is -0.257. The van der Waals surface area contributed by atoms with E-state index < -0.39 is 4.92 Å². The van der Waals surface area contributed by atoms with Crippen molar-refractivity contribution in [1.29, 1.82) is 0 Å². The minimum Gasteiger partial charge on any atom is -0.335 e. The highest BCUT2D eigenvalue weighted by molar-refractivity contribution is 5.94. The van der Waals surface area contributed by atoms with Gasteiger partial charge in [-0.3, -0.25) is 19.7 Å². The molecule has 13 heteroatoms. The molecule has 0 spiro atoms. The number of hydrazine groups is 2. The molecule has 1 fully saturated rings. The Balaban J connectivity index is 1.19. The Morgan fingerprint density at radius 1 is 1.02 bits per heavy atom. The minimum atomic E-state index is -0.585. The van der Waals surface area contributed by atoms with Gasteiger partial charge >= 0.3 is 5.69 Å². The Morgan fingerprint density at radius 3 is 2.52 bits per heavy atom. The first-order valence-corrected chi connectivity index (χ1v) is 12.5. The molecular weight excluding hydrogens is 518 g/mol. The van der Waals surface area contributed by atoms with Crippen LogP contribution in [0.15, 0.2) is 71.5 Å². The Hall–Kier alpha value is -5.33. The molecule has 1 aromatic heterocycles. The number of rotatable bonds is 8. The molecule has 13 nitrogen and oxygen atoms in total. The van der Waals surface area contributed by atoms with Gasteiger partial charge in [0.1, 0.15) is 0 Å². The van der Waals surface area contributed by atoms with Crippen LogP contribution < -0.4 is 16.0 Å². The number of hydrogen-bond acceptors (Lipinski definition) is 7. The topological polar surface area (TPSA) is 154 Å². The van der Waals surface area contributed by atoms with E-state index in [1.165, 1.54) is 17.1 Å². The molecule has 0 aliphatic carbocycles. The van der Waals surface area contributed by atoms with Crippen LogP contribution in [0.25, 0.3) is 10.8 Å². The molecule has 1 aliphatic heterocycles. The van der Waals surface area contributed by atoms with Gasteiger partial charge < -0.3 is 9.74 Å². The van der Waals surface area contributed by atoms with Crippen LogP contribution in [0.4, 0.5) is 5.69 Å². The highest BCUT2D eigenvalue weighted by atomic mass is 16.7. The van der Waals surface area contributed by atoms with Crippen molar-refractivity contribution in [2.45, 2.75) is 13.3 Å². The zero-order valence-corrected chi connectivity index (χ0v) is 21.6. The molecule has 1 aliphatic rings. The zero-order chi connectivity index (χ0) is 28.2. The molecule has 2 N–H and O–H groups in total. The van der Waals surface area contributed by atoms with E-state index in [4.69, 9.17) is 4.84 Å². The van der Waals surface area contributed by atoms with Crippen LogP contribution in [0.5, 0.6) is 5.75 Å². The third kappa shape index (κ3) is 5.57. The summed E-state index contributed by atoms with van der Waals surface area (Å²) in [5, 5.41) is 20.7. The highest BCUT2D eigenvalue weighted by Gasteiger charge is 2.31. The number of hydrogen-bond donors (Lipinski definition) is 2. The Kier molecular flexibility index (Phi) is 7.35. The van der Waals surface area contributed by atoms with Crippen LogP contribution >= 0.6 is 0 Å². The Bertz CT molecular complexity index is 1660. The number of carbonyl (C=O) groups excluding carboxylic acids is 1. The van der Waals surface area contributed by atoms with Gasteiger partial charge in [0, 0.05) is 36.5 Å². The molecule has 0 bridgehead atoms. The van der Waals surface area contributed by atoms with Gasteiger partial charge in [-0.2, -0.15) is 5.10 Å². The number of aromatic nitrogens is 2. The van der Waals surface area contributed by atoms with Crippen molar-refractivity contribution in [2.75, 3.05) is 26.2 Å². The largest absolute Gasteiger partial charge is 0.335 e. The molecule has 40 heavy (non-hydrogen) atoms. The van der Waals surface area contributed by atoms with Crippen LogP contribution in [-0.2, 0) is 6.42 Å². The normalized spacial score (nSPS) is 13.2. The number of nitrogens with zero attached hydrogens (tertiary/aromatic N) is 5. The van der Waals surface area contributed by atoms with Crippen molar-refractivity contribution in [3.8, 4) is 5.75 Å². The van der Waals surface area contributed by atoms with Crippen LogP contribution in [0.1, 0.15) is 27.2 Å². The second-order valence-corrected chi connectivity index (χ2v) is 9.36. The van der Waals surface area contributed by atoms with Crippen LogP contribution in [0.3, 0.4) is 0 Å². The molecule has 3 aromatic carbocycles. The second-order valence-electron chi connectivity index (χ2n) is 9.36. The van der Waals surface area contributed by atoms with Crippen LogP contribution in [-0.4, -0.2) is 62.1 Å². The molecule has 1 amide bonds. The highest BCUT2D eigenvalue weighted by Crippen LogP contribution is 2.27. The monoisotopic (exact) mass is 544 g/mol. The molecule has 0 atom stereocenters. The van der Waals surface area contributed by atoms with E-state index in [0.717, 1.165) is 10.9 Å². The summed E-state index contributed by atoms with van der Waals surface area (Å²) >= 11 is 0. The van der Waals surface area contributed by atoms with Crippen molar-refractivity contribution in [3.05, 3.63) is 114 Å². The van der Waals surface area contributed by atoms with Gasteiger partial charge in [-0.1, -0.05) is 36.4 Å². The summed E-state index contributed by atoms with van der Waals surface area (Å²) in [6.07, 6.45) is 0.433. The van der Waals surface area contributed by atoms with Gasteiger partial charge in [-0.05, 0) is 42.3 Å². The molecule has 0 radical (unpaired) electrons. The molecule has 1 saturated heterocycles. The molecule has 204 valence electrons. The van der Waals surface area contributed by atoms with Gasteiger partial charge in [0.05, 0.1) is 39.6 Å². The quantitative estimate of drug-likeness (QED) is 0.194. The van der Waals surface area contributed by atoms with Crippen molar-refractivity contribution < 1.29 is 19.5 Å². The number of nitrogens with one attached hydrogen (secondary N) is 2. The van der Waals surface area contributed by atoms with E-state index in [-0.39, 0.29) is 36.0 Å². The number of amides is 1. The summed E-state index contributed by atoms with van der Waals surface area (Å²) in [5.41, 5.74) is 4.42. The fourth-order valence-corrected chi connectivity index (χ4v) is 4.58. The predicted octanol–water partition coefficient (Wildman–Crippen LogP) is 2.68. The number of piperazine rings is 1. The molecular formula is C27H26N7O6+. The summed E-state index contributed by atoms with van der Waals surface area (Å²) in [4.78, 5) is 55.7. The third-order valence-electron chi connectivity index (χ3n) is 6.67.